The Hall–Kier alpha value is -2.95. The Morgan fingerprint density at radius 2 is 2.20 bits per heavy atom. The minimum absolute atomic E-state index is 0.0737. The van der Waals surface area contributed by atoms with E-state index in [2.05, 4.69) is 26.0 Å². The first-order chi connectivity index (χ1) is 12.0. The van der Waals surface area contributed by atoms with Gasteiger partial charge in [-0.25, -0.2) is 9.97 Å². The first-order valence-corrected chi connectivity index (χ1v) is 8.34. The van der Waals surface area contributed by atoms with Crippen molar-refractivity contribution in [3.05, 3.63) is 24.2 Å². The SMILES string of the molecule is CCC(=O)N1CCN(c2nc(-c3cnn(C)c3)ncc2C#N)C[C@H]1C. The summed E-state index contributed by atoms with van der Waals surface area (Å²) in [4.78, 5) is 24.9. The van der Waals surface area contributed by atoms with Crippen molar-refractivity contribution in [3.63, 3.8) is 0 Å². The van der Waals surface area contributed by atoms with Crippen LogP contribution in [0.5, 0.6) is 0 Å². The number of aryl methyl sites for hydroxylation is 1. The predicted octanol–water partition coefficient (Wildman–Crippen LogP) is 1.20. The summed E-state index contributed by atoms with van der Waals surface area (Å²) >= 11 is 0. The summed E-state index contributed by atoms with van der Waals surface area (Å²) in [5, 5.41) is 13.6. The third-order valence-electron chi connectivity index (χ3n) is 4.40. The van der Waals surface area contributed by atoms with Crippen molar-refractivity contribution >= 4 is 11.7 Å². The van der Waals surface area contributed by atoms with Gasteiger partial charge in [0.2, 0.25) is 5.91 Å². The molecule has 1 aliphatic rings. The molecule has 0 unspecified atom stereocenters. The van der Waals surface area contributed by atoms with Gasteiger partial charge in [0.1, 0.15) is 11.6 Å². The highest BCUT2D eigenvalue weighted by atomic mass is 16.2. The summed E-state index contributed by atoms with van der Waals surface area (Å²) in [7, 11) is 1.83. The fourth-order valence-corrected chi connectivity index (χ4v) is 3.09. The van der Waals surface area contributed by atoms with Gasteiger partial charge in [0.15, 0.2) is 11.6 Å². The molecule has 130 valence electrons. The highest BCUT2D eigenvalue weighted by Gasteiger charge is 2.28. The van der Waals surface area contributed by atoms with Crippen LogP contribution in [-0.4, -0.2) is 56.2 Å². The number of amides is 1. The quantitative estimate of drug-likeness (QED) is 0.834. The largest absolute Gasteiger partial charge is 0.352 e. The molecule has 0 aromatic carbocycles. The molecule has 1 saturated heterocycles. The molecule has 1 atom stereocenters. The topological polar surface area (TPSA) is 90.9 Å². The van der Waals surface area contributed by atoms with Gasteiger partial charge in [-0.15, -0.1) is 0 Å². The van der Waals surface area contributed by atoms with Gasteiger partial charge in [-0.1, -0.05) is 6.92 Å². The Morgan fingerprint density at radius 1 is 1.40 bits per heavy atom. The normalized spacial score (nSPS) is 17.4. The molecule has 2 aromatic heterocycles. The van der Waals surface area contributed by atoms with E-state index in [4.69, 9.17) is 0 Å². The van der Waals surface area contributed by atoms with Crippen molar-refractivity contribution in [2.24, 2.45) is 7.05 Å². The molecule has 3 rings (SSSR count). The number of carbonyl (C=O) groups excluding carboxylic acids is 1. The number of nitrogens with zero attached hydrogens (tertiary/aromatic N) is 7. The summed E-state index contributed by atoms with van der Waals surface area (Å²) < 4.78 is 1.69. The zero-order valence-corrected chi connectivity index (χ0v) is 14.7. The highest BCUT2D eigenvalue weighted by Crippen LogP contribution is 2.24. The lowest BCUT2D eigenvalue weighted by Gasteiger charge is -2.40. The zero-order valence-electron chi connectivity index (χ0n) is 14.7. The van der Waals surface area contributed by atoms with Crippen molar-refractivity contribution in [1.82, 2.24) is 24.6 Å². The molecule has 0 aliphatic carbocycles. The standard InChI is InChI=1S/C17H21N7O/c1-4-15(25)24-6-5-23(10-12(24)2)17-13(7-18)8-19-16(21-17)14-9-20-22(3)11-14/h8-9,11-12H,4-6,10H2,1-3H3/t12-/m1/s1. The molecule has 25 heavy (non-hydrogen) atoms. The number of carbonyl (C=O) groups is 1. The van der Waals surface area contributed by atoms with Crippen LogP contribution in [0.25, 0.3) is 11.4 Å². The molecule has 0 radical (unpaired) electrons. The summed E-state index contributed by atoms with van der Waals surface area (Å²) in [6, 6.07) is 2.24. The first-order valence-electron chi connectivity index (χ1n) is 8.34. The number of nitriles is 1. The maximum Gasteiger partial charge on any atom is 0.222 e. The van der Waals surface area contributed by atoms with E-state index >= 15 is 0 Å². The molecule has 0 saturated carbocycles. The van der Waals surface area contributed by atoms with Crippen LogP contribution in [0.3, 0.4) is 0 Å². The van der Waals surface area contributed by atoms with Gasteiger partial charge in [-0.3, -0.25) is 9.48 Å². The van der Waals surface area contributed by atoms with E-state index in [1.807, 2.05) is 32.0 Å². The summed E-state index contributed by atoms with van der Waals surface area (Å²) in [5.74, 6) is 1.32. The second-order valence-electron chi connectivity index (χ2n) is 6.18. The summed E-state index contributed by atoms with van der Waals surface area (Å²) in [6.45, 7) is 5.82. The van der Waals surface area contributed by atoms with Crippen molar-refractivity contribution in [1.29, 1.82) is 5.26 Å². The molecule has 1 fully saturated rings. The Bertz CT molecular complexity index is 823. The van der Waals surface area contributed by atoms with E-state index in [0.717, 1.165) is 5.56 Å². The molecule has 8 nitrogen and oxygen atoms in total. The Labute approximate surface area is 146 Å². The monoisotopic (exact) mass is 339 g/mol. The van der Waals surface area contributed by atoms with Gasteiger partial charge in [-0.2, -0.15) is 10.4 Å². The van der Waals surface area contributed by atoms with Crippen molar-refractivity contribution in [3.8, 4) is 17.5 Å². The predicted molar refractivity (Wildman–Crippen MR) is 92.6 cm³/mol. The fraction of sp³-hybridized carbons (Fsp3) is 0.471. The second-order valence-corrected chi connectivity index (χ2v) is 6.18. The van der Waals surface area contributed by atoms with Crippen LogP contribution in [0.15, 0.2) is 18.6 Å². The number of hydrogen-bond acceptors (Lipinski definition) is 6. The fourth-order valence-electron chi connectivity index (χ4n) is 3.09. The van der Waals surface area contributed by atoms with Crippen molar-refractivity contribution < 1.29 is 4.79 Å². The van der Waals surface area contributed by atoms with E-state index in [9.17, 15) is 10.1 Å². The van der Waals surface area contributed by atoms with E-state index in [0.29, 0.717) is 43.3 Å². The average molecular weight is 339 g/mol. The molecular formula is C17H21N7O. The third kappa shape index (κ3) is 3.31. The van der Waals surface area contributed by atoms with E-state index in [1.54, 1.807) is 17.1 Å². The van der Waals surface area contributed by atoms with E-state index in [1.165, 1.54) is 0 Å². The Balaban J connectivity index is 1.89. The number of aromatic nitrogens is 4. The minimum atomic E-state index is 0.0737. The van der Waals surface area contributed by atoms with Crippen LogP contribution in [0.2, 0.25) is 0 Å². The highest BCUT2D eigenvalue weighted by molar-refractivity contribution is 5.76. The number of hydrogen-bond donors (Lipinski definition) is 0. The minimum Gasteiger partial charge on any atom is -0.352 e. The molecular weight excluding hydrogens is 318 g/mol. The first kappa shape index (κ1) is 16.9. The molecule has 0 N–H and O–H groups in total. The van der Waals surface area contributed by atoms with Crippen LogP contribution in [-0.2, 0) is 11.8 Å². The zero-order chi connectivity index (χ0) is 18.0. The van der Waals surface area contributed by atoms with Gasteiger partial charge in [-0.05, 0) is 6.92 Å². The Kier molecular flexibility index (Phi) is 4.65. The van der Waals surface area contributed by atoms with Gasteiger partial charge in [0.05, 0.1) is 18.0 Å². The molecule has 0 bridgehead atoms. The number of anilines is 1. The lowest BCUT2D eigenvalue weighted by Crippen LogP contribution is -2.54. The lowest BCUT2D eigenvalue weighted by atomic mass is 10.1. The van der Waals surface area contributed by atoms with Gasteiger partial charge in [0.25, 0.3) is 0 Å². The second kappa shape index (κ2) is 6.89. The summed E-state index contributed by atoms with van der Waals surface area (Å²) in [5.41, 5.74) is 1.25. The van der Waals surface area contributed by atoms with E-state index in [-0.39, 0.29) is 11.9 Å². The molecule has 3 heterocycles. The van der Waals surface area contributed by atoms with Crippen LogP contribution >= 0.6 is 0 Å². The van der Waals surface area contributed by atoms with Crippen molar-refractivity contribution in [2.45, 2.75) is 26.3 Å². The van der Waals surface area contributed by atoms with Crippen LogP contribution in [0.1, 0.15) is 25.8 Å². The number of rotatable bonds is 3. The smallest absolute Gasteiger partial charge is 0.222 e. The van der Waals surface area contributed by atoms with E-state index < -0.39 is 0 Å². The maximum atomic E-state index is 12.0. The third-order valence-corrected chi connectivity index (χ3v) is 4.40. The molecule has 2 aromatic rings. The average Bonchev–Trinajstić information content (AvgIpc) is 3.06. The van der Waals surface area contributed by atoms with Gasteiger partial charge >= 0.3 is 0 Å². The molecule has 0 spiro atoms. The van der Waals surface area contributed by atoms with Crippen LogP contribution in [0.4, 0.5) is 5.82 Å². The van der Waals surface area contributed by atoms with Crippen molar-refractivity contribution in [2.75, 3.05) is 24.5 Å². The van der Waals surface area contributed by atoms with Gasteiger partial charge in [0, 0.05) is 45.3 Å². The van der Waals surface area contributed by atoms with Crippen LogP contribution < -0.4 is 4.90 Å². The maximum absolute atomic E-state index is 12.0. The summed E-state index contributed by atoms with van der Waals surface area (Å²) in [6.07, 6.45) is 5.60. The number of piperazine rings is 1. The lowest BCUT2D eigenvalue weighted by molar-refractivity contribution is -0.133. The molecule has 1 amide bonds. The van der Waals surface area contributed by atoms with Gasteiger partial charge < -0.3 is 9.80 Å². The Morgan fingerprint density at radius 3 is 2.80 bits per heavy atom. The van der Waals surface area contributed by atoms with Crippen LogP contribution in [0, 0.1) is 11.3 Å². The molecule has 1 aliphatic heterocycles. The molecule has 8 heteroatoms.